The molecular formula is C21H36O4. The first kappa shape index (κ1) is 21.7. The lowest BCUT2D eigenvalue weighted by Gasteiger charge is -2.26. The Bertz CT molecular complexity index is 391. The maximum Gasteiger partial charge on any atom is 0.309 e. The molecule has 1 aliphatic rings. The van der Waals surface area contributed by atoms with Crippen molar-refractivity contribution in [2.45, 2.75) is 89.9 Å². The van der Waals surface area contributed by atoms with Gasteiger partial charge < -0.3 is 9.84 Å². The number of esters is 1. The topological polar surface area (TPSA) is 63.6 Å². The number of hydrogen-bond donors (Lipinski definition) is 1. The molecule has 2 atom stereocenters. The lowest BCUT2D eigenvalue weighted by molar-refractivity contribution is -0.159. The molecule has 0 spiro atoms. The highest BCUT2D eigenvalue weighted by atomic mass is 16.5. The van der Waals surface area contributed by atoms with E-state index in [0.29, 0.717) is 19.4 Å². The molecule has 0 saturated heterocycles. The van der Waals surface area contributed by atoms with Gasteiger partial charge in [0.05, 0.1) is 18.4 Å². The number of aliphatic carboxylic acids is 1. The fourth-order valence-corrected chi connectivity index (χ4v) is 3.62. The zero-order valence-corrected chi connectivity index (χ0v) is 15.7. The summed E-state index contributed by atoms with van der Waals surface area (Å²) in [6.45, 7) is 4.17. The summed E-state index contributed by atoms with van der Waals surface area (Å²) in [5.74, 6) is -2.14. The summed E-state index contributed by atoms with van der Waals surface area (Å²) >= 11 is 0. The van der Waals surface area contributed by atoms with Crippen LogP contribution in [-0.2, 0) is 14.3 Å². The molecule has 2 unspecified atom stereocenters. The van der Waals surface area contributed by atoms with Gasteiger partial charge in [0, 0.05) is 0 Å². The lowest BCUT2D eigenvalue weighted by Crippen LogP contribution is -2.33. The number of ether oxygens (including phenoxy) is 1. The molecule has 0 heterocycles. The fraction of sp³-hybridized carbons (Fsp3) is 0.810. The zero-order valence-electron chi connectivity index (χ0n) is 15.7. The average Bonchev–Trinajstić information content (AvgIpc) is 2.62. The van der Waals surface area contributed by atoms with Crippen LogP contribution >= 0.6 is 0 Å². The van der Waals surface area contributed by atoms with Gasteiger partial charge in [-0.05, 0) is 32.1 Å². The van der Waals surface area contributed by atoms with Crippen molar-refractivity contribution in [2.75, 3.05) is 6.61 Å². The van der Waals surface area contributed by atoms with E-state index in [4.69, 9.17) is 4.74 Å². The van der Waals surface area contributed by atoms with Crippen molar-refractivity contribution in [3.8, 4) is 0 Å². The Balaban J connectivity index is 1.97. The number of allylic oxidation sites excluding steroid dienone is 1. The van der Waals surface area contributed by atoms with Gasteiger partial charge in [-0.25, -0.2) is 0 Å². The van der Waals surface area contributed by atoms with Crippen LogP contribution in [0.5, 0.6) is 0 Å². The van der Waals surface area contributed by atoms with Crippen LogP contribution in [0, 0.1) is 11.8 Å². The molecule has 1 N–H and O–H groups in total. The first-order valence-corrected chi connectivity index (χ1v) is 10.2. The van der Waals surface area contributed by atoms with E-state index < -0.39 is 17.8 Å². The minimum Gasteiger partial charge on any atom is -0.481 e. The van der Waals surface area contributed by atoms with E-state index in [1.54, 1.807) is 0 Å². The lowest BCUT2D eigenvalue weighted by atomic mass is 9.79. The number of carbonyl (C=O) groups is 2. The minimum absolute atomic E-state index is 0.299. The molecule has 1 aliphatic carbocycles. The largest absolute Gasteiger partial charge is 0.481 e. The van der Waals surface area contributed by atoms with Crippen molar-refractivity contribution >= 4 is 11.9 Å². The predicted molar refractivity (Wildman–Crippen MR) is 100 cm³/mol. The van der Waals surface area contributed by atoms with Crippen LogP contribution in [0.1, 0.15) is 89.9 Å². The second-order valence-corrected chi connectivity index (χ2v) is 7.26. The van der Waals surface area contributed by atoms with Gasteiger partial charge in [0.1, 0.15) is 0 Å². The van der Waals surface area contributed by atoms with Crippen LogP contribution in [0.3, 0.4) is 0 Å². The number of unbranched alkanes of at least 4 members (excludes halogenated alkanes) is 9. The van der Waals surface area contributed by atoms with Crippen molar-refractivity contribution in [2.24, 2.45) is 11.8 Å². The normalized spacial score (nSPS) is 20.2. The number of carboxylic acid groups (broad SMARTS) is 1. The maximum atomic E-state index is 12.1. The third kappa shape index (κ3) is 9.66. The van der Waals surface area contributed by atoms with E-state index in [0.717, 1.165) is 32.1 Å². The Hall–Kier alpha value is -1.32. The molecular weight excluding hydrogens is 316 g/mol. The van der Waals surface area contributed by atoms with Gasteiger partial charge in [-0.2, -0.15) is 0 Å². The third-order valence-corrected chi connectivity index (χ3v) is 5.18. The van der Waals surface area contributed by atoms with Crippen LogP contribution in [-0.4, -0.2) is 23.7 Å². The van der Waals surface area contributed by atoms with Gasteiger partial charge in [-0.3, -0.25) is 9.59 Å². The van der Waals surface area contributed by atoms with Crippen molar-refractivity contribution in [1.82, 2.24) is 0 Å². The second-order valence-electron chi connectivity index (χ2n) is 7.26. The first-order chi connectivity index (χ1) is 12.2. The van der Waals surface area contributed by atoms with Gasteiger partial charge in [-0.15, -0.1) is 6.58 Å². The maximum absolute atomic E-state index is 12.1. The summed E-state index contributed by atoms with van der Waals surface area (Å²) in [6, 6.07) is 0. The summed E-state index contributed by atoms with van der Waals surface area (Å²) in [5.41, 5.74) is 0. The summed E-state index contributed by atoms with van der Waals surface area (Å²) in [7, 11) is 0. The number of rotatable bonds is 14. The Morgan fingerprint density at radius 3 is 1.96 bits per heavy atom. The molecule has 144 valence electrons. The van der Waals surface area contributed by atoms with Gasteiger partial charge >= 0.3 is 11.9 Å². The van der Waals surface area contributed by atoms with Crippen LogP contribution in [0.15, 0.2) is 12.7 Å². The first-order valence-electron chi connectivity index (χ1n) is 10.2. The highest BCUT2D eigenvalue weighted by Crippen LogP contribution is 2.31. The van der Waals surface area contributed by atoms with Gasteiger partial charge in [0.15, 0.2) is 0 Å². The van der Waals surface area contributed by atoms with E-state index in [1.165, 1.54) is 44.9 Å². The van der Waals surface area contributed by atoms with E-state index in [2.05, 4.69) is 6.58 Å². The summed E-state index contributed by atoms with van der Waals surface area (Å²) in [6.07, 6.45) is 17.1. The number of carboxylic acids is 1. The van der Waals surface area contributed by atoms with Crippen LogP contribution in [0.4, 0.5) is 0 Å². The van der Waals surface area contributed by atoms with E-state index in [9.17, 15) is 14.7 Å². The summed E-state index contributed by atoms with van der Waals surface area (Å²) in [4.78, 5) is 23.3. The van der Waals surface area contributed by atoms with Crippen LogP contribution in [0.2, 0.25) is 0 Å². The van der Waals surface area contributed by atoms with E-state index in [-0.39, 0.29) is 5.97 Å². The minimum atomic E-state index is -0.855. The van der Waals surface area contributed by atoms with Gasteiger partial charge in [0.2, 0.25) is 0 Å². The average molecular weight is 353 g/mol. The summed E-state index contributed by atoms with van der Waals surface area (Å²) < 4.78 is 5.33. The Morgan fingerprint density at radius 2 is 1.40 bits per heavy atom. The standard InChI is InChI=1S/C21H36O4/c1-2-3-4-5-6-7-8-9-10-11-14-17-25-21(24)19-16-13-12-15-18(19)20(22)23/h2,18-19H,1,3-17H2,(H,22,23). The molecule has 0 bridgehead atoms. The van der Waals surface area contributed by atoms with Crippen molar-refractivity contribution in [3.05, 3.63) is 12.7 Å². The quantitative estimate of drug-likeness (QED) is 0.254. The number of carbonyl (C=O) groups excluding carboxylic acids is 1. The molecule has 0 aromatic heterocycles. The predicted octanol–water partition coefficient (Wildman–Crippen LogP) is 5.51. The molecule has 0 radical (unpaired) electrons. The Kier molecular flexibility index (Phi) is 12.1. The van der Waals surface area contributed by atoms with Crippen molar-refractivity contribution < 1.29 is 19.4 Å². The van der Waals surface area contributed by atoms with Crippen LogP contribution < -0.4 is 0 Å². The van der Waals surface area contributed by atoms with E-state index >= 15 is 0 Å². The van der Waals surface area contributed by atoms with Crippen molar-refractivity contribution in [3.63, 3.8) is 0 Å². The highest BCUT2D eigenvalue weighted by Gasteiger charge is 2.36. The molecule has 0 amide bonds. The van der Waals surface area contributed by atoms with Crippen molar-refractivity contribution in [1.29, 1.82) is 0 Å². The molecule has 0 aromatic carbocycles. The highest BCUT2D eigenvalue weighted by molar-refractivity contribution is 5.81. The smallest absolute Gasteiger partial charge is 0.309 e. The number of hydrogen-bond acceptors (Lipinski definition) is 3. The molecule has 0 aromatic rings. The molecule has 4 heteroatoms. The second kappa shape index (κ2) is 13.9. The monoisotopic (exact) mass is 352 g/mol. The Labute approximate surface area is 153 Å². The fourth-order valence-electron chi connectivity index (χ4n) is 3.62. The molecule has 4 nitrogen and oxygen atoms in total. The van der Waals surface area contributed by atoms with Crippen LogP contribution in [0.25, 0.3) is 0 Å². The molecule has 1 saturated carbocycles. The zero-order chi connectivity index (χ0) is 18.3. The van der Waals surface area contributed by atoms with Gasteiger partial charge in [0.25, 0.3) is 0 Å². The molecule has 1 fully saturated rings. The Morgan fingerprint density at radius 1 is 0.880 bits per heavy atom. The molecule has 25 heavy (non-hydrogen) atoms. The third-order valence-electron chi connectivity index (χ3n) is 5.18. The molecule has 0 aliphatic heterocycles. The van der Waals surface area contributed by atoms with Gasteiger partial charge in [-0.1, -0.05) is 63.9 Å². The molecule has 1 rings (SSSR count). The van der Waals surface area contributed by atoms with E-state index in [1.807, 2.05) is 6.08 Å². The SMILES string of the molecule is C=CCCCCCCCCCCCOC(=O)C1CCCCC1C(=O)O. The summed E-state index contributed by atoms with van der Waals surface area (Å²) in [5, 5.41) is 9.22.